The first kappa shape index (κ1) is 19.2. The molecule has 0 spiro atoms. The molecule has 0 aliphatic heterocycles. The smallest absolute Gasteiger partial charge is 0.325 e. The second-order valence-electron chi connectivity index (χ2n) is 5.39. The van der Waals surface area contributed by atoms with Gasteiger partial charge >= 0.3 is 6.03 Å². The monoisotopic (exact) mass is 379 g/mol. The Balaban J connectivity index is 1.82. The summed E-state index contributed by atoms with van der Waals surface area (Å²) in [6, 6.07) is 5.33. The molecule has 0 unspecified atom stereocenters. The number of amides is 3. The van der Waals surface area contributed by atoms with Crippen molar-refractivity contribution in [3.8, 4) is 0 Å². The fraction of sp³-hybridized carbons (Fsp3) is 0.375. The number of nitrogens with zero attached hydrogens (tertiary/aromatic N) is 2. The van der Waals surface area contributed by atoms with Crippen LogP contribution in [0.15, 0.2) is 22.5 Å². The van der Waals surface area contributed by atoms with E-state index in [2.05, 4.69) is 26.1 Å². The zero-order valence-electron chi connectivity index (χ0n) is 14.4. The van der Waals surface area contributed by atoms with E-state index in [4.69, 9.17) is 0 Å². The number of aryl methyl sites for hydroxylation is 2. The lowest BCUT2D eigenvalue weighted by Gasteiger charge is -2.07. The van der Waals surface area contributed by atoms with Gasteiger partial charge < -0.3 is 10.6 Å². The predicted octanol–water partition coefficient (Wildman–Crippen LogP) is 3.42. The molecule has 0 atom stereocenters. The SMILES string of the molecule is CCCNC(=O)CSc1nnc(NC(=O)Nc2ccc(C)c(C)c2)s1. The molecular formula is C16H21N5O2S2. The number of thioether (sulfide) groups is 1. The molecule has 134 valence electrons. The summed E-state index contributed by atoms with van der Waals surface area (Å²) < 4.78 is 0.633. The highest BCUT2D eigenvalue weighted by molar-refractivity contribution is 8.01. The third kappa shape index (κ3) is 6.35. The number of aromatic nitrogens is 2. The quantitative estimate of drug-likeness (QED) is 0.506. The van der Waals surface area contributed by atoms with Gasteiger partial charge in [0.05, 0.1) is 5.75 Å². The van der Waals surface area contributed by atoms with Crippen LogP contribution in [0.25, 0.3) is 0 Å². The Morgan fingerprint density at radius 3 is 2.68 bits per heavy atom. The molecule has 1 aromatic heterocycles. The normalized spacial score (nSPS) is 10.4. The van der Waals surface area contributed by atoms with Gasteiger partial charge in [-0.25, -0.2) is 4.79 Å². The molecule has 2 aromatic rings. The molecular weight excluding hydrogens is 358 g/mol. The van der Waals surface area contributed by atoms with Gasteiger partial charge in [0.1, 0.15) is 0 Å². The fourth-order valence-corrected chi connectivity index (χ4v) is 3.42. The summed E-state index contributed by atoms with van der Waals surface area (Å²) in [6.45, 7) is 6.67. The van der Waals surface area contributed by atoms with Crippen molar-refractivity contribution >= 4 is 45.9 Å². The van der Waals surface area contributed by atoms with Crippen LogP contribution in [-0.2, 0) is 4.79 Å². The minimum atomic E-state index is -0.378. The van der Waals surface area contributed by atoms with Crippen LogP contribution in [0.4, 0.5) is 15.6 Å². The molecule has 0 saturated heterocycles. The number of urea groups is 1. The van der Waals surface area contributed by atoms with E-state index in [1.807, 2.05) is 39.0 Å². The number of hydrogen-bond donors (Lipinski definition) is 3. The molecule has 0 fully saturated rings. The van der Waals surface area contributed by atoms with E-state index >= 15 is 0 Å². The van der Waals surface area contributed by atoms with Gasteiger partial charge in [-0.2, -0.15) is 0 Å². The minimum absolute atomic E-state index is 0.0379. The number of carbonyl (C=O) groups is 2. The predicted molar refractivity (Wildman–Crippen MR) is 102 cm³/mol. The summed E-state index contributed by atoms with van der Waals surface area (Å²) in [4.78, 5) is 23.6. The minimum Gasteiger partial charge on any atom is -0.355 e. The lowest BCUT2D eigenvalue weighted by atomic mass is 10.1. The highest BCUT2D eigenvalue weighted by Gasteiger charge is 2.10. The average molecular weight is 380 g/mol. The summed E-state index contributed by atoms with van der Waals surface area (Å²) in [5.41, 5.74) is 2.99. The Labute approximate surface area is 155 Å². The highest BCUT2D eigenvalue weighted by atomic mass is 32.2. The summed E-state index contributed by atoms with van der Waals surface area (Å²) in [5, 5.41) is 16.5. The standard InChI is InChI=1S/C16H21N5O2S2/c1-4-7-17-13(22)9-24-16-21-20-15(25-16)19-14(23)18-12-6-5-10(2)11(3)8-12/h5-6,8H,4,7,9H2,1-3H3,(H,17,22)(H2,18,19,20,23). The van der Waals surface area contributed by atoms with Crippen LogP contribution in [-0.4, -0.2) is 34.4 Å². The van der Waals surface area contributed by atoms with E-state index in [0.29, 0.717) is 21.7 Å². The summed E-state index contributed by atoms with van der Waals surface area (Å²) in [5.74, 6) is 0.243. The average Bonchev–Trinajstić information content (AvgIpc) is 3.01. The molecule has 0 aliphatic carbocycles. The molecule has 0 aliphatic rings. The molecule has 1 heterocycles. The van der Waals surface area contributed by atoms with Gasteiger partial charge in [0, 0.05) is 12.2 Å². The van der Waals surface area contributed by atoms with Crippen LogP contribution in [0.3, 0.4) is 0 Å². The van der Waals surface area contributed by atoms with Crippen molar-refractivity contribution in [2.75, 3.05) is 22.9 Å². The van der Waals surface area contributed by atoms with Crippen LogP contribution in [0.2, 0.25) is 0 Å². The van der Waals surface area contributed by atoms with E-state index in [1.54, 1.807) is 0 Å². The Hall–Kier alpha value is -2.13. The molecule has 1 aromatic carbocycles. The van der Waals surface area contributed by atoms with Crippen molar-refractivity contribution in [2.45, 2.75) is 31.5 Å². The van der Waals surface area contributed by atoms with E-state index in [1.165, 1.54) is 28.7 Å². The lowest BCUT2D eigenvalue weighted by molar-refractivity contribution is -0.118. The second kappa shape index (κ2) is 9.38. The zero-order chi connectivity index (χ0) is 18.2. The Kier molecular flexibility index (Phi) is 7.20. The Bertz CT molecular complexity index is 748. The van der Waals surface area contributed by atoms with Crippen LogP contribution in [0, 0.1) is 13.8 Å². The van der Waals surface area contributed by atoms with E-state index in [9.17, 15) is 9.59 Å². The van der Waals surface area contributed by atoms with E-state index in [0.717, 1.165) is 12.0 Å². The lowest BCUT2D eigenvalue weighted by Crippen LogP contribution is -2.25. The van der Waals surface area contributed by atoms with Gasteiger partial charge in [0.25, 0.3) is 0 Å². The molecule has 7 nitrogen and oxygen atoms in total. The maximum atomic E-state index is 12.0. The number of hydrogen-bond acceptors (Lipinski definition) is 6. The molecule has 0 radical (unpaired) electrons. The maximum Gasteiger partial charge on any atom is 0.325 e. The molecule has 9 heteroatoms. The van der Waals surface area contributed by atoms with Crippen molar-refractivity contribution in [2.24, 2.45) is 0 Å². The Morgan fingerprint density at radius 1 is 1.16 bits per heavy atom. The Morgan fingerprint density at radius 2 is 1.96 bits per heavy atom. The zero-order valence-corrected chi connectivity index (χ0v) is 16.0. The van der Waals surface area contributed by atoms with Crippen LogP contribution >= 0.6 is 23.1 Å². The number of anilines is 2. The van der Waals surface area contributed by atoms with Gasteiger partial charge in [-0.05, 0) is 43.5 Å². The van der Waals surface area contributed by atoms with E-state index in [-0.39, 0.29) is 17.7 Å². The molecule has 0 bridgehead atoms. The third-order valence-electron chi connectivity index (χ3n) is 3.29. The van der Waals surface area contributed by atoms with E-state index < -0.39 is 0 Å². The van der Waals surface area contributed by atoms with Gasteiger partial charge in [0.2, 0.25) is 11.0 Å². The number of carbonyl (C=O) groups excluding carboxylic acids is 2. The van der Waals surface area contributed by atoms with Gasteiger partial charge in [-0.3, -0.25) is 10.1 Å². The van der Waals surface area contributed by atoms with Crippen molar-refractivity contribution in [3.05, 3.63) is 29.3 Å². The van der Waals surface area contributed by atoms with Gasteiger partial charge in [-0.1, -0.05) is 36.1 Å². The van der Waals surface area contributed by atoms with Crippen molar-refractivity contribution in [3.63, 3.8) is 0 Å². The molecule has 3 N–H and O–H groups in total. The number of benzene rings is 1. The van der Waals surface area contributed by atoms with Crippen molar-refractivity contribution < 1.29 is 9.59 Å². The third-order valence-corrected chi connectivity index (χ3v) is 5.26. The maximum absolute atomic E-state index is 12.0. The van der Waals surface area contributed by atoms with Crippen molar-refractivity contribution in [1.29, 1.82) is 0 Å². The first-order valence-electron chi connectivity index (χ1n) is 7.86. The van der Waals surface area contributed by atoms with Crippen LogP contribution in [0.1, 0.15) is 24.5 Å². The molecule has 2 rings (SSSR count). The highest BCUT2D eigenvalue weighted by Crippen LogP contribution is 2.25. The van der Waals surface area contributed by atoms with Crippen LogP contribution in [0.5, 0.6) is 0 Å². The largest absolute Gasteiger partial charge is 0.355 e. The topological polar surface area (TPSA) is 96.0 Å². The first-order valence-corrected chi connectivity index (χ1v) is 9.66. The second-order valence-corrected chi connectivity index (χ2v) is 7.59. The summed E-state index contributed by atoms with van der Waals surface area (Å²) >= 11 is 2.53. The molecule has 25 heavy (non-hydrogen) atoms. The summed E-state index contributed by atoms with van der Waals surface area (Å²) in [6.07, 6.45) is 0.902. The molecule has 0 saturated carbocycles. The van der Waals surface area contributed by atoms with Crippen LogP contribution < -0.4 is 16.0 Å². The van der Waals surface area contributed by atoms with Crippen molar-refractivity contribution in [1.82, 2.24) is 15.5 Å². The first-order chi connectivity index (χ1) is 12.0. The number of nitrogens with one attached hydrogen (secondary N) is 3. The fourth-order valence-electron chi connectivity index (χ4n) is 1.84. The van der Waals surface area contributed by atoms with Gasteiger partial charge in [-0.15, -0.1) is 10.2 Å². The van der Waals surface area contributed by atoms with Gasteiger partial charge in [0.15, 0.2) is 4.34 Å². The number of rotatable bonds is 7. The summed E-state index contributed by atoms with van der Waals surface area (Å²) in [7, 11) is 0. The molecule has 3 amide bonds.